The van der Waals surface area contributed by atoms with Crippen molar-refractivity contribution in [1.29, 1.82) is 0 Å². The highest BCUT2D eigenvalue weighted by molar-refractivity contribution is 14.1. The lowest BCUT2D eigenvalue weighted by atomic mass is 10.2. The highest BCUT2D eigenvalue weighted by Crippen LogP contribution is 2.05. The Morgan fingerprint density at radius 3 is 2.82 bits per heavy atom. The Morgan fingerprint density at radius 2 is 2.24 bits per heavy atom. The van der Waals surface area contributed by atoms with Crippen molar-refractivity contribution in [3.05, 3.63) is 27.6 Å². The molecule has 1 rings (SSSR count). The van der Waals surface area contributed by atoms with E-state index in [1.807, 2.05) is 0 Å². The van der Waals surface area contributed by atoms with Crippen LogP contribution in [0.1, 0.15) is 24.2 Å². The van der Waals surface area contributed by atoms with Crippen molar-refractivity contribution in [2.24, 2.45) is 0 Å². The molecule has 0 radical (unpaired) electrons. The van der Waals surface area contributed by atoms with Gasteiger partial charge in [0.2, 0.25) is 0 Å². The number of ether oxygens (including phenoxy) is 1. The lowest BCUT2D eigenvalue weighted by Crippen LogP contribution is -2.39. The summed E-state index contributed by atoms with van der Waals surface area (Å²) in [5.41, 5.74) is 0.424. The molecule has 5 nitrogen and oxygen atoms in total. The second-order valence-corrected chi connectivity index (χ2v) is 4.58. The van der Waals surface area contributed by atoms with Gasteiger partial charge >= 0.3 is 5.97 Å². The van der Waals surface area contributed by atoms with Gasteiger partial charge in [-0.1, -0.05) is 0 Å². The van der Waals surface area contributed by atoms with Crippen LogP contribution in [0.3, 0.4) is 0 Å². The van der Waals surface area contributed by atoms with Gasteiger partial charge in [0.1, 0.15) is 6.04 Å². The molecule has 0 spiro atoms. The molecule has 0 fully saturated rings. The van der Waals surface area contributed by atoms with Crippen LogP contribution >= 0.6 is 22.6 Å². The SMILES string of the molecule is CCOC(=O)[C@H](C)NC(=O)c1cncc(I)c1. The van der Waals surface area contributed by atoms with Crippen molar-refractivity contribution in [3.8, 4) is 0 Å². The molecule has 0 saturated carbocycles. The van der Waals surface area contributed by atoms with Gasteiger partial charge in [-0.25, -0.2) is 4.79 Å². The molecule has 0 bridgehead atoms. The van der Waals surface area contributed by atoms with Crippen LogP contribution in [0.15, 0.2) is 18.5 Å². The van der Waals surface area contributed by atoms with Gasteiger partial charge in [-0.3, -0.25) is 9.78 Å². The molecule has 0 unspecified atom stereocenters. The first kappa shape index (κ1) is 13.9. The summed E-state index contributed by atoms with van der Waals surface area (Å²) in [6.07, 6.45) is 3.10. The fourth-order valence-corrected chi connectivity index (χ4v) is 1.64. The molecule has 6 heteroatoms. The van der Waals surface area contributed by atoms with E-state index in [1.165, 1.54) is 6.20 Å². The summed E-state index contributed by atoms with van der Waals surface area (Å²) in [6.45, 7) is 3.59. The predicted molar refractivity (Wildman–Crippen MR) is 70.5 cm³/mol. The molecule has 0 aromatic carbocycles. The van der Waals surface area contributed by atoms with Crippen LogP contribution in [0.4, 0.5) is 0 Å². The van der Waals surface area contributed by atoms with Crippen LogP contribution < -0.4 is 5.32 Å². The highest BCUT2D eigenvalue weighted by atomic mass is 127. The zero-order valence-corrected chi connectivity index (χ0v) is 11.7. The molecule has 92 valence electrons. The first-order chi connectivity index (χ1) is 8.04. The quantitative estimate of drug-likeness (QED) is 0.659. The number of esters is 1. The van der Waals surface area contributed by atoms with Crippen LogP contribution in [-0.2, 0) is 9.53 Å². The standard InChI is InChI=1S/C11H13IN2O3/c1-3-17-11(16)7(2)14-10(15)8-4-9(12)6-13-5-8/h4-7H,3H2,1-2H3,(H,14,15)/t7-/m0/s1. The van der Waals surface area contributed by atoms with E-state index in [0.29, 0.717) is 12.2 Å². The minimum Gasteiger partial charge on any atom is -0.464 e. The predicted octanol–water partition coefficient (Wildman–Crippen LogP) is 1.37. The summed E-state index contributed by atoms with van der Waals surface area (Å²) in [5.74, 6) is -0.781. The Kier molecular flexibility index (Phi) is 5.33. The summed E-state index contributed by atoms with van der Waals surface area (Å²) < 4.78 is 5.65. The molecule has 0 aliphatic carbocycles. The first-order valence-electron chi connectivity index (χ1n) is 5.12. The van der Waals surface area contributed by atoms with Gasteiger partial charge in [0.05, 0.1) is 12.2 Å². The second-order valence-electron chi connectivity index (χ2n) is 3.34. The number of hydrogen-bond donors (Lipinski definition) is 1. The van der Waals surface area contributed by atoms with E-state index in [2.05, 4.69) is 32.9 Å². The maximum absolute atomic E-state index is 11.8. The number of carbonyl (C=O) groups excluding carboxylic acids is 2. The van der Waals surface area contributed by atoms with Gasteiger partial charge in [-0.15, -0.1) is 0 Å². The number of nitrogens with zero attached hydrogens (tertiary/aromatic N) is 1. The summed E-state index contributed by atoms with van der Waals surface area (Å²) in [4.78, 5) is 27.0. The zero-order valence-electron chi connectivity index (χ0n) is 9.57. The molecular formula is C11H13IN2O3. The highest BCUT2D eigenvalue weighted by Gasteiger charge is 2.17. The number of hydrogen-bond acceptors (Lipinski definition) is 4. The normalized spacial score (nSPS) is 11.7. The van der Waals surface area contributed by atoms with E-state index < -0.39 is 12.0 Å². The smallest absolute Gasteiger partial charge is 0.328 e. The maximum atomic E-state index is 11.8. The Labute approximate surface area is 113 Å². The number of pyridine rings is 1. The molecule has 1 heterocycles. The van der Waals surface area contributed by atoms with E-state index in [-0.39, 0.29) is 5.91 Å². The molecule has 1 aromatic rings. The fraction of sp³-hybridized carbons (Fsp3) is 0.364. The van der Waals surface area contributed by atoms with Crippen LogP contribution in [0.2, 0.25) is 0 Å². The van der Waals surface area contributed by atoms with E-state index in [4.69, 9.17) is 4.74 Å². The number of aromatic nitrogens is 1. The molecular weight excluding hydrogens is 335 g/mol. The van der Waals surface area contributed by atoms with E-state index in [9.17, 15) is 9.59 Å². The summed E-state index contributed by atoms with van der Waals surface area (Å²) in [6, 6.07) is 1.03. The fourth-order valence-electron chi connectivity index (χ4n) is 1.14. The average Bonchev–Trinajstić information content (AvgIpc) is 2.29. The lowest BCUT2D eigenvalue weighted by Gasteiger charge is -2.12. The molecule has 17 heavy (non-hydrogen) atoms. The average molecular weight is 348 g/mol. The molecule has 0 aliphatic heterocycles. The molecule has 1 atom stereocenters. The topological polar surface area (TPSA) is 68.3 Å². The minimum atomic E-state index is -0.666. The Hall–Kier alpha value is -1.18. The Bertz CT molecular complexity index is 423. The Balaban J connectivity index is 2.63. The number of amides is 1. The number of halogens is 1. The van der Waals surface area contributed by atoms with Crippen molar-refractivity contribution in [2.45, 2.75) is 19.9 Å². The maximum Gasteiger partial charge on any atom is 0.328 e. The molecule has 0 aliphatic rings. The van der Waals surface area contributed by atoms with Gasteiger partial charge in [0, 0.05) is 16.0 Å². The first-order valence-corrected chi connectivity index (χ1v) is 6.20. The molecule has 1 aromatic heterocycles. The third-order valence-electron chi connectivity index (χ3n) is 1.95. The largest absolute Gasteiger partial charge is 0.464 e. The third-order valence-corrected chi connectivity index (χ3v) is 2.54. The van der Waals surface area contributed by atoms with Crippen LogP contribution in [-0.4, -0.2) is 29.5 Å². The minimum absolute atomic E-state index is 0.295. The van der Waals surface area contributed by atoms with Gasteiger partial charge in [-0.05, 0) is 42.5 Å². The van der Waals surface area contributed by atoms with Crippen LogP contribution in [0, 0.1) is 3.57 Å². The summed E-state index contributed by atoms with van der Waals surface area (Å²) >= 11 is 2.07. The number of nitrogens with one attached hydrogen (secondary N) is 1. The van der Waals surface area contributed by atoms with Crippen LogP contribution in [0.5, 0.6) is 0 Å². The molecule has 1 amide bonds. The number of rotatable bonds is 4. The lowest BCUT2D eigenvalue weighted by molar-refractivity contribution is -0.144. The summed E-state index contributed by atoms with van der Waals surface area (Å²) in [7, 11) is 0. The van der Waals surface area contributed by atoms with Crippen molar-refractivity contribution < 1.29 is 14.3 Å². The van der Waals surface area contributed by atoms with Gasteiger partial charge in [0.15, 0.2) is 0 Å². The van der Waals surface area contributed by atoms with Gasteiger partial charge in [0.25, 0.3) is 5.91 Å². The third kappa shape index (κ3) is 4.29. The van der Waals surface area contributed by atoms with Crippen molar-refractivity contribution >= 4 is 34.5 Å². The molecule has 1 N–H and O–H groups in total. The molecule has 0 saturated heterocycles. The van der Waals surface area contributed by atoms with E-state index in [1.54, 1.807) is 26.1 Å². The summed E-state index contributed by atoms with van der Waals surface area (Å²) in [5, 5.41) is 2.55. The van der Waals surface area contributed by atoms with Crippen molar-refractivity contribution in [3.63, 3.8) is 0 Å². The van der Waals surface area contributed by atoms with Crippen molar-refractivity contribution in [1.82, 2.24) is 10.3 Å². The van der Waals surface area contributed by atoms with Crippen LogP contribution in [0.25, 0.3) is 0 Å². The van der Waals surface area contributed by atoms with E-state index in [0.717, 1.165) is 3.57 Å². The van der Waals surface area contributed by atoms with Crippen molar-refractivity contribution in [2.75, 3.05) is 6.61 Å². The van der Waals surface area contributed by atoms with Gasteiger partial charge in [-0.2, -0.15) is 0 Å². The van der Waals surface area contributed by atoms with E-state index >= 15 is 0 Å². The monoisotopic (exact) mass is 348 g/mol. The van der Waals surface area contributed by atoms with Gasteiger partial charge < -0.3 is 10.1 Å². The second kappa shape index (κ2) is 6.53. The number of carbonyl (C=O) groups is 2. The zero-order chi connectivity index (χ0) is 12.8. The Morgan fingerprint density at radius 1 is 1.53 bits per heavy atom.